The van der Waals surface area contributed by atoms with E-state index < -0.39 is 29.5 Å². The topological polar surface area (TPSA) is 130 Å². The molecule has 45 heavy (non-hydrogen) atoms. The number of esters is 2. The Bertz CT molecular complexity index is 1810. The maximum Gasteiger partial charge on any atom is 0.408 e. The van der Waals surface area contributed by atoms with Gasteiger partial charge in [-0.1, -0.05) is 78.9 Å². The van der Waals surface area contributed by atoms with Crippen molar-refractivity contribution in [3.8, 4) is 17.2 Å². The van der Waals surface area contributed by atoms with Crippen molar-refractivity contribution in [2.24, 2.45) is 0 Å². The summed E-state index contributed by atoms with van der Waals surface area (Å²) in [5.74, 6) is -0.885. The number of nitrogens with one attached hydrogen (secondary N) is 1. The van der Waals surface area contributed by atoms with Gasteiger partial charge in [0.1, 0.15) is 42.6 Å². The second kappa shape index (κ2) is 15.0. The second-order valence-corrected chi connectivity index (χ2v) is 9.87. The van der Waals surface area contributed by atoms with Crippen LogP contribution >= 0.6 is 0 Å². The molecule has 0 aliphatic heterocycles. The molecule has 0 radical (unpaired) electrons. The van der Waals surface area contributed by atoms with Crippen molar-refractivity contribution < 1.29 is 37.7 Å². The van der Waals surface area contributed by atoms with Crippen LogP contribution in [0, 0.1) is 0 Å². The van der Waals surface area contributed by atoms with Gasteiger partial charge in [0.25, 0.3) is 0 Å². The van der Waals surface area contributed by atoms with Crippen LogP contribution in [0.3, 0.4) is 0 Å². The van der Waals surface area contributed by atoms with E-state index in [1.807, 2.05) is 42.5 Å². The average molecular weight is 608 g/mol. The number of hydrogen-bond donors (Lipinski definition) is 1. The lowest BCUT2D eigenvalue weighted by Crippen LogP contribution is -2.43. The molecule has 10 nitrogen and oxygen atoms in total. The molecule has 1 amide bonds. The Hall–Kier alpha value is -5.90. The van der Waals surface area contributed by atoms with Crippen molar-refractivity contribution in [2.45, 2.75) is 32.1 Å². The number of ether oxygens (including phenoxy) is 4. The largest absolute Gasteiger partial charge is 0.461 e. The van der Waals surface area contributed by atoms with Crippen LogP contribution < -0.4 is 20.2 Å². The Labute approximate surface area is 258 Å². The van der Waals surface area contributed by atoms with E-state index in [1.54, 1.807) is 48.5 Å². The van der Waals surface area contributed by atoms with E-state index in [1.165, 1.54) is 24.5 Å². The first-order chi connectivity index (χ1) is 21.9. The molecule has 5 aromatic rings. The highest BCUT2D eigenvalue weighted by molar-refractivity contribution is 5.85. The first kappa shape index (κ1) is 30.6. The van der Waals surface area contributed by atoms with Gasteiger partial charge in [0.05, 0.1) is 5.39 Å². The van der Waals surface area contributed by atoms with Crippen LogP contribution in [0.15, 0.2) is 125 Å². The van der Waals surface area contributed by atoms with Gasteiger partial charge in [-0.05, 0) is 41.8 Å². The van der Waals surface area contributed by atoms with E-state index in [0.29, 0.717) is 5.75 Å². The normalized spacial score (nSPS) is 11.3. The second-order valence-electron chi connectivity index (χ2n) is 9.87. The standard InChI is InChI=1S/C35H29NO9/c37-32(42-21-24-10-4-1-5-11-24)19-18-29(36-35(40)43-22-25-12-6-2-7-13-25)34(39)45-27-16-17-28-30(20-27)41-23-31(33(28)38)44-26-14-8-3-9-15-26/h1-17,20,23,29H,18-19,21-22H2,(H,36,40)/t29-/m1/s1. The number of alkyl carbamates (subject to hydrolysis) is 1. The number of amides is 1. The minimum absolute atomic E-state index is 0.00382. The number of carbonyl (C=O) groups is 3. The average Bonchev–Trinajstić information content (AvgIpc) is 3.07. The van der Waals surface area contributed by atoms with Crippen molar-refractivity contribution in [1.82, 2.24) is 5.32 Å². The highest BCUT2D eigenvalue weighted by Crippen LogP contribution is 2.24. The minimum atomic E-state index is -1.25. The van der Waals surface area contributed by atoms with Gasteiger partial charge in [-0.2, -0.15) is 0 Å². The van der Waals surface area contributed by atoms with Crippen LogP contribution in [-0.2, 0) is 32.3 Å². The first-order valence-electron chi connectivity index (χ1n) is 14.1. The summed E-state index contributed by atoms with van der Waals surface area (Å²) in [6, 6.07) is 29.9. The zero-order chi connectivity index (χ0) is 31.4. The summed E-state index contributed by atoms with van der Waals surface area (Å²) in [5.41, 5.74) is 1.31. The third kappa shape index (κ3) is 8.80. The molecule has 1 atom stereocenters. The monoisotopic (exact) mass is 607 g/mol. The summed E-state index contributed by atoms with van der Waals surface area (Å²) in [6.45, 7) is 0.0506. The molecule has 0 unspecified atom stereocenters. The molecule has 228 valence electrons. The fraction of sp³-hybridized carbons (Fsp3) is 0.143. The van der Waals surface area contributed by atoms with Gasteiger partial charge in [0.2, 0.25) is 11.2 Å². The van der Waals surface area contributed by atoms with Crippen molar-refractivity contribution in [2.75, 3.05) is 0 Å². The van der Waals surface area contributed by atoms with Crippen molar-refractivity contribution in [3.05, 3.63) is 137 Å². The SMILES string of the molecule is O=C(CC[C@@H](NC(=O)OCc1ccccc1)C(=O)Oc1ccc2c(=O)c(Oc3ccccc3)coc2c1)OCc1ccccc1. The smallest absolute Gasteiger partial charge is 0.408 e. The molecular weight excluding hydrogens is 578 g/mol. The predicted molar refractivity (Wildman–Crippen MR) is 164 cm³/mol. The predicted octanol–water partition coefficient (Wildman–Crippen LogP) is 6.31. The minimum Gasteiger partial charge on any atom is -0.461 e. The molecule has 0 bridgehead atoms. The summed E-state index contributed by atoms with van der Waals surface area (Å²) < 4.78 is 27.3. The molecule has 0 spiro atoms. The molecule has 0 saturated heterocycles. The fourth-order valence-electron chi connectivity index (χ4n) is 4.26. The van der Waals surface area contributed by atoms with Gasteiger partial charge in [-0.3, -0.25) is 9.59 Å². The lowest BCUT2D eigenvalue weighted by molar-refractivity contribution is -0.145. The lowest BCUT2D eigenvalue weighted by atomic mass is 10.1. The Morgan fingerprint density at radius 2 is 1.36 bits per heavy atom. The summed E-state index contributed by atoms with van der Waals surface area (Å²) in [4.78, 5) is 51.2. The molecular formula is C35H29NO9. The summed E-state index contributed by atoms with van der Waals surface area (Å²) in [5, 5.41) is 2.69. The molecule has 5 rings (SSSR count). The van der Waals surface area contributed by atoms with Crippen LogP contribution in [0.1, 0.15) is 24.0 Å². The van der Waals surface area contributed by atoms with Crippen LogP contribution in [-0.4, -0.2) is 24.1 Å². The number of benzene rings is 4. The van der Waals surface area contributed by atoms with E-state index >= 15 is 0 Å². The Morgan fingerprint density at radius 1 is 0.733 bits per heavy atom. The number of hydrogen-bond acceptors (Lipinski definition) is 9. The van der Waals surface area contributed by atoms with E-state index in [2.05, 4.69) is 5.32 Å². The van der Waals surface area contributed by atoms with Crippen LogP contribution in [0.5, 0.6) is 17.2 Å². The molecule has 0 aliphatic carbocycles. The lowest BCUT2D eigenvalue weighted by Gasteiger charge is -2.17. The number of rotatable bonds is 12. The number of para-hydroxylation sites is 1. The molecule has 0 fully saturated rings. The number of carbonyl (C=O) groups excluding carboxylic acids is 3. The Morgan fingerprint density at radius 3 is 2.02 bits per heavy atom. The maximum absolute atomic E-state index is 13.2. The van der Waals surface area contributed by atoms with Gasteiger partial charge in [-0.15, -0.1) is 0 Å². The van der Waals surface area contributed by atoms with E-state index in [4.69, 9.17) is 23.4 Å². The summed E-state index contributed by atoms with van der Waals surface area (Å²) >= 11 is 0. The van der Waals surface area contributed by atoms with Gasteiger partial charge in [-0.25, -0.2) is 9.59 Å². The first-order valence-corrected chi connectivity index (χ1v) is 14.1. The highest BCUT2D eigenvalue weighted by atomic mass is 16.6. The third-order valence-electron chi connectivity index (χ3n) is 6.57. The summed E-state index contributed by atoms with van der Waals surface area (Å²) in [7, 11) is 0. The zero-order valence-electron chi connectivity index (χ0n) is 24.0. The van der Waals surface area contributed by atoms with E-state index in [9.17, 15) is 19.2 Å². The van der Waals surface area contributed by atoms with E-state index in [-0.39, 0.29) is 48.5 Å². The van der Waals surface area contributed by atoms with Crippen LogP contribution in [0.25, 0.3) is 11.0 Å². The van der Waals surface area contributed by atoms with Crippen LogP contribution in [0.2, 0.25) is 0 Å². The highest BCUT2D eigenvalue weighted by Gasteiger charge is 2.25. The van der Waals surface area contributed by atoms with Gasteiger partial charge < -0.3 is 28.7 Å². The van der Waals surface area contributed by atoms with Gasteiger partial charge in [0.15, 0.2) is 0 Å². The quantitative estimate of drug-likeness (QED) is 0.128. The Balaban J connectivity index is 1.25. The van der Waals surface area contributed by atoms with E-state index in [0.717, 1.165) is 11.1 Å². The Kier molecular flexibility index (Phi) is 10.2. The van der Waals surface area contributed by atoms with Crippen molar-refractivity contribution in [1.29, 1.82) is 0 Å². The molecule has 0 saturated carbocycles. The number of fused-ring (bicyclic) bond motifs is 1. The van der Waals surface area contributed by atoms with Gasteiger partial charge in [0, 0.05) is 12.5 Å². The molecule has 1 heterocycles. The maximum atomic E-state index is 13.2. The zero-order valence-corrected chi connectivity index (χ0v) is 24.0. The molecule has 0 aliphatic rings. The van der Waals surface area contributed by atoms with Crippen molar-refractivity contribution in [3.63, 3.8) is 0 Å². The third-order valence-corrected chi connectivity index (χ3v) is 6.57. The molecule has 10 heteroatoms. The van der Waals surface area contributed by atoms with Gasteiger partial charge >= 0.3 is 18.0 Å². The molecule has 4 aromatic carbocycles. The van der Waals surface area contributed by atoms with Crippen LogP contribution in [0.4, 0.5) is 4.79 Å². The van der Waals surface area contributed by atoms with Crippen molar-refractivity contribution >= 4 is 29.0 Å². The molecule has 1 aromatic heterocycles. The molecule has 1 N–H and O–H groups in total. The fourth-order valence-corrected chi connectivity index (χ4v) is 4.26. The summed E-state index contributed by atoms with van der Waals surface area (Å²) in [6.07, 6.45) is 0.0177.